The molecule has 1 rings (SSSR count). The second-order valence-electron chi connectivity index (χ2n) is 4.98. The summed E-state index contributed by atoms with van der Waals surface area (Å²) in [6, 6.07) is 7.53. The van der Waals surface area contributed by atoms with Crippen molar-refractivity contribution in [3.8, 4) is 0 Å². The third-order valence-electron chi connectivity index (χ3n) is 2.81. The number of benzene rings is 1. The molecule has 0 heterocycles. The van der Waals surface area contributed by atoms with E-state index in [0.29, 0.717) is 13.1 Å². The summed E-state index contributed by atoms with van der Waals surface area (Å²) in [5, 5.41) is 0. The molecule has 4 nitrogen and oxygen atoms in total. The van der Waals surface area contributed by atoms with Crippen LogP contribution in [-0.4, -0.2) is 48.9 Å². The molecule has 1 aromatic carbocycles. The first kappa shape index (κ1) is 19.4. The van der Waals surface area contributed by atoms with Crippen molar-refractivity contribution in [1.82, 2.24) is 9.80 Å². The van der Waals surface area contributed by atoms with Gasteiger partial charge in [-0.1, -0.05) is 28.1 Å². The average molecular weight is 365 g/mol. The molecule has 0 radical (unpaired) electrons. The molecule has 1 amide bonds. The second-order valence-corrected chi connectivity index (χ2v) is 5.89. The zero-order valence-electron chi connectivity index (χ0n) is 12.2. The van der Waals surface area contributed by atoms with Crippen LogP contribution in [-0.2, 0) is 11.3 Å². The van der Waals surface area contributed by atoms with Gasteiger partial charge in [-0.3, -0.25) is 4.79 Å². The molecule has 1 atom stereocenters. The Morgan fingerprint density at radius 2 is 1.80 bits per heavy atom. The summed E-state index contributed by atoms with van der Waals surface area (Å²) in [5.41, 5.74) is 6.82. The summed E-state index contributed by atoms with van der Waals surface area (Å²) in [7, 11) is 3.99. The number of carbonyl (C=O) groups is 1. The van der Waals surface area contributed by atoms with E-state index in [2.05, 4.69) is 20.8 Å². The Bertz CT molecular complexity index is 409. The Hall–Kier alpha value is -0.620. The molecule has 0 fully saturated rings. The Labute approximate surface area is 135 Å². The lowest BCUT2D eigenvalue weighted by molar-refractivity contribution is -0.133. The van der Waals surface area contributed by atoms with Gasteiger partial charge in [0, 0.05) is 24.1 Å². The van der Waals surface area contributed by atoms with Crippen LogP contribution in [0.1, 0.15) is 12.5 Å². The topological polar surface area (TPSA) is 49.6 Å². The zero-order chi connectivity index (χ0) is 14.4. The number of nitrogens with two attached hydrogens (primary N) is 1. The van der Waals surface area contributed by atoms with Gasteiger partial charge >= 0.3 is 0 Å². The molecule has 1 unspecified atom stereocenters. The Balaban J connectivity index is 0.00000361. The molecule has 0 aromatic heterocycles. The number of carbonyl (C=O) groups excluding carboxylic acids is 1. The van der Waals surface area contributed by atoms with E-state index in [9.17, 15) is 4.79 Å². The van der Waals surface area contributed by atoms with Crippen LogP contribution in [0.5, 0.6) is 0 Å². The maximum atomic E-state index is 12.1. The molecule has 1 aromatic rings. The molecular weight excluding hydrogens is 342 g/mol. The zero-order valence-corrected chi connectivity index (χ0v) is 14.6. The lowest BCUT2D eigenvalue weighted by Gasteiger charge is -2.26. The Morgan fingerprint density at radius 3 is 2.25 bits per heavy atom. The van der Waals surface area contributed by atoms with E-state index >= 15 is 0 Å². The molecule has 20 heavy (non-hydrogen) atoms. The lowest BCUT2D eigenvalue weighted by atomic mass is 10.2. The monoisotopic (exact) mass is 363 g/mol. The summed E-state index contributed by atoms with van der Waals surface area (Å²) >= 11 is 3.41. The number of likely N-dealkylation sites (N-methyl/N-ethyl adjacent to an activating group) is 1. The van der Waals surface area contributed by atoms with E-state index in [1.807, 2.05) is 43.3 Å². The lowest BCUT2D eigenvalue weighted by Crippen LogP contribution is -2.44. The van der Waals surface area contributed by atoms with Crippen LogP contribution in [0.4, 0.5) is 0 Å². The van der Waals surface area contributed by atoms with E-state index < -0.39 is 6.04 Å². The summed E-state index contributed by atoms with van der Waals surface area (Å²) in [6.07, 6.45) is 0. The number of rotatable bonds is 6. The van der Waals surface area contributed by atoms with E-state index in [1.54, 1.807) is 6.92 Å². The third kappa shape index (κ3) is 6.70. The fraction of sp³-hybridized carbons (Fsp3) is 0.500. The molecule has 0 aliphatic carbocycles. The van der Waals surface area contributed by atoms with Gasteiger partial charge in [-0.25, -0.2) is 0 Å². The van der Waals surface area contributed by atoms with Crippen molar-refractivity contribution < 1.29 is 4.79 Å². The summed E-state index contributed by atoms with van der Waals surface area (Å²) in [5.74, 6) is -0.00947. The molecular formula is C14H23BrClN3O. The van der Waals surface area contributed by atoms with Crippen molar-refractivity contribution >= 4 is 34.2 Å². The molecule has 6 heteroatoms. The van der Waals surface area contributed by atoms with Gasteiger partial charge in [0.2, 0.25) is 5.91 Å². The van der Waals surface area contributed by atoms with Crippen LogP contribution in [0.15, 0.2) is 28.7 Å². The largest absolute Gasteiger partial charge is 0.336 e. The van der Waals surface area contributed by atoms with Gasteiger partial charge in [-0.2, -0.15) is 0 Å². The smallest absolute Gasteiger partial charge is 0.239 e. The van der Waals surface area contributed by atoms with E-state index in [0.717, 1.165) is 16.6 Å². The summed E-state index contributed by atoms with van der Waals surface area (Å²) in [6.45, 7) is 3.84. The van der Waals surface area contributed by atoms with Crippen molar-refractivity contribution in [1.29, 1.82) is 0 Å². The van der Waals surface area contributed by atoms with Gasteiger partial charge in [0.25, 0.3) is 0 Å². The minimum atomic E-state index is -0.461. The van der Waals surface area contributed by atoms with Crippen LogP contribution in [0, 0.1) is 0 Å². The van der Waals surface area contributed by atoms with Crippen molar-refractivity contribution in [2.75, 3.05) is 27.2 Å². The van der Waals surface area contributed by atoms with E-state index in [1.165, 1.54) is 0 Å². The number of hydrogen-bond acceptors (Lipinski definition) is 3. The quantitative estimate of drug-likeness (QED) is 0.841. The highest BCUT2D eigenvalue weighted by atomic mass is 79.9. The predicted molar refractivity (Wildman–Crippen MR) is 89.0 cm³/mol. The highest BCUT2D eigenvalue weighted by molar-refractivity contribution is 9.10. The molecule has 0 bridgehead atoms. The maximum Gasteiger partial charge on any atom is 0.239 e. The van der Waals surface area contributed by atoms with Crippen molar-refractivity contribution in [3.63, 3.8) is 0 Å². The van der Waals surface area contributed by atoms with Gasteiger partial charge in [0.15, 0.2) is 0 Å². The first-order valence-corrected chi connectivity index (χ1v) is 7.13. The number of hydrogen-bond donors (Lipinski definition) is 1. The van der Waals surface area contributed by atoms with Gasteiger partial charge in [0.1, 0.15) is 0 Å². The minimum absolute atomic E-state index is 0. The third-order valence-corrected chi connectivity index (χ3v) is 3.33. The average Bonchev–Trinajstić information content (AvgIpc) is 2.35. The van der Waals surface area contributed by atoms with Crippen molar-refractivity contribution in [2.45, 2.75) is 19.5 Å². The van der Waals surface area contributed by atoms with E-state index in [-0.39, 0.29) is 18.3 Å². The number of halogens is 2. The standard InChI is InChI=1S/C14H22BrN3O.ClH/c1-11(16)14(19)18(9-8-17(2)3)10-12-4-6-13(15)7-5-12;/h4-7,11H,8-10,16H2,1-3H3;1H. The normalized spacial score (nSPS) is 11.9. The van der Waals surface area contributed by atoms with Crippen molar-refractivity contribution in [2.24, 2.45) is 5.73 Å². The first-order chi connectivity index (χ1) is 8.90. The molecule has 0 aliphatic rings. The minimum Gasteiger partial charge on any atom is -0.336 e. The van der Waals surface area contributed by atoms with Gasteiger partial charge in [-0.05, 0) is 38.7 Å². The fourth-order valence-electron chi connectivity index (χ4n) is 1.69. The number of amides is 1. The van der Waals surface area contributed by atoms with Crippen molar-refractivity contribution in [3.05, 3.63) is 34.3 Å². The molecule has 114 valence electrons. The van der Waals surface area contributed by atoms with Gasteiger partial charge in [-0.15, -0.1) is 12.4 Å². The molecule has 2 N–H and O–H groups in total. The number of nitrogens with zero attached hydrogens (tertiary/aromatic N) is 2. The second kappa shape index (κ2) is 9.34. The summed E-state index contributed by atoms with van der Waals surface area (Å²) < 4.78 is 1.04. The Kier molecular flexibility index (Phi) is 9.05. The SMILES string of the molecule is CC(N)C(=O)N(CCN(C)C)Cc1ccc(Br)cc1.Cl. The molecule has 0 aliphatic heterocycles. The van der Waals surface area contributed by atoms with E-state index in [4.69, 9.17) is 5.73 Å². The van der Waals surface area contributed by atoms with Crippen LogP contribution in [0.25, 0.3) is 0 Å². The molecule has 0 saturated carbocycles. The molecule has 0 saturated heterocycles. The van der Waals surface area contributed by atoms with Gasteiger partial charge < -0.3 is 15.5 Å². The highest BCUT2D eigenvalue weighted by Crippen LogP contribution is 2.12. The fourth-order valence-corrected chi connectivity index (χ4v) is 1.95. The maximum absolute atomic E-state index is 12.1. The van der Waals surface area contributed by atoms with Crippen LogP contribution < -0.4 is 5.73 Å². The first-order valence-electron chi connectivity index (χ1n) is 6.33. The predicted octanol–water partition coefficient (Wildman–Crippen LogP) is 2.11. The van der Waals surface area contributed by atoms with Crippen LogP contribution >= 0.6 is 28.3 Å². The highest BCUT2D eigenvalue weighted by Gasteiger charge is 2.17. The van der Waals surface area contributed by atoms with Crippen LogP contribution in [0.3, 0.4) is 0 Å². The summed E-state index contributed by atoms with van der Waals surface area (Å²) in [4.78, 5) is 16.0. The van der Waals surface area contributed by atoms with Crippen LogP contribution in [0.2, 0.25) is 0 Å². The van der Waals surface area contributed by atoms with Gasteiger partial charge in [0.05, 0.1) is 6.04 Å². The Morgan fingerprint density at radius 1 is 1.25 bits per heavy atom. The molecule has 0 spiro atoms.